The van der Waals surface area contributed by atoms with Crippen molar-refractivity contribution in [1.82, 2.24) is 25.2 Å². The molecule has 6 nitrogen and oxygen atoms in total. The van der Waals surface area contributed by atoms with Gasteiger partial charge < -0.3 is 10.6 Å². The fourth-order valence-electron chi connectivity index (χ4n) is 2.64. The minimum atomic E-state index is -0.144. The third kappa shape index (κ3) is 3.96. The topological polar surface area (TPSA) is 71.8 Å². The third-order valence-corrected chi connectivity index (χ3v) is 4.12. The van der Waals surface area contributed by atoms with Gasteiger partial charge in [0.2, 0.25) is 0 Å². The Bertz CT molecular complexity index is 843. The van der Waals surface area contributed by atoms with E-state index in [1.54, 1.807) is 6.20 Å². The van der Waals surface area contributed by atoms with Gasteiger partial charge in [-0.1, -0.05) is 25.1 Å². The summed E-state index contributed by atoms with van der Waals surface area (Å²) >= 11 is 0. The van der Waals surface area contributed by atoms with Crippen LogP contribution >= 0.6 is 0 Å². The minimum Gasteiger partial charge on any atom is -0.338 e. The lowest BCUT2D eigenvalue weighted by Crippen LogP contribution is -2.41. The van der Waals surface area contributed by atoms with Gasteiger partial charge in [-0.3, -0.25) is 4.57 Å². The molecule has 0 aliphatic carbocycles. The van der Waals surface area contributed by atoms with Crippen molar-refractivity contribution in [2.24, 2.45) is 0 Å². The van der Waals surface area contributed by atoms with Crippen LogP contribution < -0.4 is 10.6 Å². The normalized spacial score (nSPS) is 12.1. The molecule has 2 heterocycles. The van der Waals surface area contributed by atoms with Crippen LogP contribution in [0, 0.1) is 0 Å². The highest BCUT2D eigenvalue weighted by Gasteiger charge is 2.13. The van der Waals surface area contributed by atoms with Gasteiger partial charge in [0.1, 0.15) is 11.3 Å². The smallest absolute Gasteiger partial charge is 0.315 e. The van der Waals surface area contributed by atoms with Crippen LogP contribution in [0.3, 0.4) is 0 Å². The minimum absolute atomic E-state index is 0.144. The first kappa shape index (κ1) is 17.0. The number of amides is 2. The average molecular weight is 337 g/mol. The molecule has 0 fully saturated rings. The van der Waals surface area contributed by atoms with Gasteiger partial charge in [-0.25, -0.2) is 14.8 Å². The lowest BCUT2D eigenvalue weighted by atomic mass is 10.3. The quantitative estimate of drug-likeness (QED) is 0.726. The number of aromatic nitrogens is 3. The summed E-state index contributed by atoms with van der Waals surface area (Å²) in [6.45, 7) is 4.54. The molecule has 0 radical (unpaired) electrons. The molecule has 1 unspecified atom stereocenters. The van der Waals surface area contributed by atoms with Gasteiger partial charge in [0.25, 0.3) is 0 Å². The average Bonchev–Trinajstić information content (AvgIpc) is 3.00. The molecule has 0 aliphatic rings. The Balaban J connectivity index is 1.78. The summed E-state index contributed by atoms with van der Waals surface area (Å²) in [5.41, 5.74) is 2.70. The summed E-state index contributed by atoms with van der Waals surface area (Å²) in [7, 11) is 0. The van der Waals surface area contributed by atoms with Crippen molar-refractivity contribution in [1.29, 1.82) is 0 Å². The lowest BCUT2D eigenvalue weighted by molar-refractivity contribution is 0.237. The molecule has 25 heavy (non-hydrogen) atoms. The second-order valence-electron chi connectivity index (χ2n) is 6.00. The van der Waals surface area contributed by atoms with Crippen LogP contribution in [0.2, 0.25) is 0 Å². The first-order valence-corrected chi connectivity index (χ1v) is 8.61. The SMILES string of the molecule is CCC(C)NC(=O)NCCc1nc2cccnc2n1-c1ccccc1. The van der Waals surface area contributed by atoms with Gasteiger partial charge in [0, 0.05) is 30.9 Å². The van der Waals surface area contributed by atoms with E-state index < -0.39 is 0 Å². The molecule has 3 aromatic rings. The molecule has 0 bridgehead atoms. The Labute approximate surface area is 147 Å². The second kappa shape index (κ2) is 7.79. The molecule has 0 saturated carbocycles. The maximum Gasteiger partial charge on any atom is 0.315 e. The molecular weight excluding hydrogens is 314 g/mol. The molecule has 0 spiro atoms. The number of fused-ring (bicyclic) bond motifs is 1. The van der Waals surface area contributed by atoms with Gasteiger partial charge in [-0.15, -0.1) is 0 Å². The maximum atomic E-state index is 11.9. The fourth-order valence-corrected chi connectivity index (χ4v) is 2.64. The van der Waals surface area contributed by atoms with Crippen LogP contribution in [0.15, 0.2) is 48.7 Å². The number of urea groups is 1. The van der Waals surface area contributed by atoms with E-state index in [2.05, 4.69) is 15.6 Å². The molecule has 6 heteroatoms. The van der Waals surface area contributed by atoms with Gasteiger partial charge >= 0.3 is 6.03 Å². The van der Waals surface area contributed by atoms with Crippen LogP contribution in [-0.2, 0) is 6.42 Å². The number of hydrogen-bond donors (Lipinski definition) is 2. The van der Waals surface area contributed by atoms with Crippen molar-refractivity contribution in [2.75, 3.05) is 6.54 Å². The van der Waals surface area contributed by atoms with E-state index in [1.807, 2.05) is 60.9 Å². The van der Waals surface area contributed by atoms with Crippen molar-refractivity contribution in [2.45, 2.75) is 32.7 Å². The van der Waals surface area contributed by atoms with Crippen molar-refractivity contribution < 1.29 is 4.79 Å². The first-order chi connectivity index (χ1) is 12.2. The molecule has 130 valence electrons. The number of carbonyl (C=O) groups excluding carboxylic acids is 1. The predicted octanol–water partition coefficient (Wildman–Crippen LogP) is 3.06. The number of para-hydroxylation sites is 1. The molecular formula is C19H23N5O. The van der Waals surface area contributed by atoms with Gasteiger partial charge in [-0.2, -0.15) is 0 Å². The number of benzene rings is 1. The summed E-state index contributed by atoms with van der Waals surface area (Å²) in [4.78, 5) is 21.0. The highest BCUT2D eigenvalue weighted by Crippen LogP contribution is 2.19. The number of carbonyl (C=O) groups is 1. The largest absolute Gasteiger partial charge is 0.338 e. The number of rotatable bonds is 6. The molecule has 1 atom stereocenters. The van der Waals surface area contributed by atoms with E-state index in [4.69, 9.17) is 4.98 Å². The van der Waals surface area contributed by atoms with Crippen molar-refractivity contribution >= 4 is 17.2 Å². The van der Waals surface area contributed by atoms with E-state index in [0.717, 1.165) is 29.1 Å². The van der Waals surface area contributed by atoms with Gasteiger partial charge in [0.15, 0.2) is 5.65 Å². The Hall–Kier alpha value is -2.89. The van der Waals surface area contributed by atoms with E-state index >= 15 is 0 Å². The molecule has 0 saturated heterocycles. The molecule has 3 rings (SSSR count). The van der Waals surface area contributed by atoms with Crippen LogP contribution in [-0.4, -0.2) is 33.2 Å². The summed E-state index contributed by atoms with van der Waals surface area (Å²) in [5.74, 6) is 0.878. The first-order valence-electron chi connectivity index (χ1n) is 8.61. The third-order valence-electron chi connectivity index (χ3n) is 4.12. The Morgan fingerprint density at radius 3 is 2.76 bits per heavy atom. The zero-order valence-electron chi connectivity index (χ0n) is 14.6. The van der Waals surface area contributed by atoms with Crippen LogP contribution in [0.5, 0.6) is 0 Å². The number of pyridine rings is 1. The number of hydrogen-bond acceptors (Lipinski definition) is 3. The van der Waals surface area contributed by atoms with Crippen molar-refractivity contribution in [3.63, 3.8) is 0 Å². The van der Waals surface area contributed by atoms with E-state index in [-0.39, 0.29) is 12.1 Å². The number of nitrogens with zero attached hydrogens (tertiary/aromatic N) is 3. The Kier molecular flexibility index (Phi) is 5.28. The summed E-state index contributed by atoms with van der Waals surface area (Å²) in [6.07, 6.45) is 3.30. The molecule has 0 aliphatic heterocycles. The molecule has 2 N–H and O–H groups in total. The van der Waals surface area contributed by atoms with Crippen LogP contribution in [0.25, 0.3) is 16.9 Å². The standard InChI is InChI=1S/C19H23N5O/c1-3-14(2)22-19(25)21-13-11-17-23-16-10-7-12-20-18(16)24(17)15-8-5-4-6-9-15/h4-10,12,14H,3,11,13H2,1-2H3,(H2,21,22,25). The molecule has 1 aromatic carbocycles. The van der Waals surface area contributed by atoms with E-state index in [9.17, 15) is 4.79 Å². The van der Waals surface area contributed by atoms with Gasteiger partial charge in [0.05, 0.1) is 0 Å². The van der Waals surface area contributed by atoms with Crippen LogP contribution in [0.1, 0.15) is 26.1 Å². The van der Waals surface area contributed by atoms with Crippen molar-refractivity contribution in [3.05, 3.63) is 54.5 Å². The predicted molar refractivity (Wildman–Crippen MR) is 98.9 cm³/mol. The highest BCUT2D eigenvalue weighted by atomic mass is 16.2. The highest BCUT2D eigenvalue weighted by molar-refractivity contribution is 5.75. The maximum absolute atomic E-state index is 11.9. The summed E-state index contributed by atoms with van der Waals surface area (Å²) < 4.78 is 2.05. The summed E-state index contributed by atoms with van der Waals surface area (Å²) in [6, 6.07) is 13.9. The Morgan fingerprint density at radius 2 is 2.00 bits per heavy atom. The molecule has 2 aromatic heterocycles. The van der Waals surface area contributed by atoms with Crippen LogP contribution in [0.4, 0.5) is 4.79 Å². The zero-order valence-corrected chi connectivity index (χ0v) is 14.6. The van der Waals surface area contributed by atoms with E-state index in [1.165, 1.54) is 0 Å². The monoisotopic (exact) mass is 337 g/mol. The second-order valence-corrected chi connectivity index (χ2v) is 6.00. The zero-order chi connectivity index (χ0) is 17.6. The Morgan fingerprint density at radius 1 is 1.20 bits per heavy atom. The molecule has 2 amide bonds. The summed E-state index contributed by atoms with van der Waals surface area (Å²) in [5, 5.41) is 5.79. The lowest BCUT2D eigenvalue weighted by Gasteiger charge is -2.13. The van der Waals surface area contributed by atoms with E-state index in [0.29, 0.717) is 13.0 Å². The number of nitrogens with one attached hydrogen (secondary N) is 2. The van der Waals surface area contributed by atoms with Crippen molar-refractivity contribution in [3.8, 4) is 5.69 Å². The van der Waals surface area contributed by atoms with Gasteiger partial charge in [-0.05, 0) is 37.6 Å². The fraction of sp³-hybridized carbons (Fsp3) is 0.316. The number of imidazole rings is 1.